The van der Waals surface area contributed by atoms with E-state index in [9.17, 15) is 12.8 Å². The van der Waals surface area contributed by atoms with Crippen LogP contribution in [-0.2, 0) is 22.3 Å². The Morgan fingerprint density at radius 1 is 1.00 bits per heavy atom. The van der Waals surface area contributed by atoms with E-state index in [1.54, 1.807) is 30.3 Å². The van der Waals surface area contributed by atoms with Crippen molar-refractivity contribution in [2.45, 2.75) is 12.3 Å². The van der Waals surface area contributed by atoms with E-state index in [2.05, 4.69) is 4.72 Å². The summed E-state index contributed by atoms with van der Waals surface area (Å²) in [7, 11) is -3.65. The maximum absolute atomic E-state index is 13.4. The van der Waals surface area contributed by atoms with E-state index in [0.717, 1.165) is 5.56 Å². The number of anilines is 1. The third-order valence-corrected chi connectivity index (χ3v) is 4.00. The molecular weight excluding hydrogens is 279 g/mol. The standard InChI is InChI=1S/C14H15FN2O2S/c15-13-3-1-2-4-14(13)17-20(18,19)10-12-7-5-11(9-16)6-8-12/h1-8,17H,9-10,16H2. The Bertz CT molecular complexity index is 685. The molecule has 3 N–H and O–H groups in total. The van der Waals surface area contributed by atoms with Gasteiger partial charge in [0.05, 0.1) is 11.4 Å². The Labute approximate surface area is 117 Å². The van der Waals surface area contributed by atoms with E-state index in [1.807, 2.05) is 0 Å². The molecule has 0 aliphatic heterocycles. The Balaban J connectivity index is 2.13. The van der Waals surface area contributed by atoms with Gasteiger partial charge < -0.3 is 5.73 Å². The van der Waals surface area contributed by atoms with Crippen molar-refractivity contribution in [3.05, 3.63) is 65.5 Å². The van der Waals surface area contributed by atoms with Gasteiger partial charge >= 0.3 is 0 Å². The lowest BCUT2D eigenvalue weighted by Gasteiger charge is -2.09. The fourth-order valence-corrected chi connectivity index (χ4v) is 2.94. The van der Waals surface area contributed by atoms with Crippen LogP contribution in [0.25, 0.3) is 0 Å². The van der Waals surface area contributed by atoms with E-state index >= 15 is 0 Å². The lowest BCUT2D eigenvalue weighted by molar-refractivity contribution is 0.598. The van der Waals surface area contributed by atoms with Crippen LogP contribution in [0, 0.1) is 5.82 Å². The van der Waals surface area contributed by atoms with Crippen molar-refractivity contribution in [3.8, 4) is 0 Å². The smallest absolute Gasteiger partial charge is 0.237 e. The second-order valence-corrected chi connectivity index (χ2v) is 6.08. The summed E-state index contributed by atoms with van der Waals surface area (Å²) in [6, 6.07) is 12.6. The number of nitrogens with two attached hydrogens (primary N) is 1. The minimum atomic E-state index is -3.65. The summed E-state index contributed by atoms with van der Waals surface area (Å²) in [6.45, 7) is 0.403. The van der Waals surface area contributed by atoms with Crippen LogP contribution in [0.2, 0.25) is 0 Å². The number of hydrogen-bond acceptors (Lipinski definition) is 3. The van der Waals surface area contributed by atoms with Gasteiger partial charge in [0.15, 0.2) is 0 Å². The quantitative estimate of drug-likeness (QED) is 0.888. The van der Waals surface area contributed by atoms with E-state index < -0.39 is 15.8 Å². The summed E-state index contributed by atoms with van der Waals surface area (Å²) >= 11 is 0. The molecule has 0 radical (unpaired) electrons. The minimum absolute atomic E-state index is 0.0499. The van der Waals surface area contributed by atoms with Gasteiger partial charge in [0.2, 0.25) is 10.0 Å². The monoisotopic (exact) mass is 294 g/mol. The molecule has 2 aromatic rings. The van der Waals surface area contributed by atoms with E-state index in [0.29, 0.717) is 12.1 Å². The van der Waals surface area contributed by atoms with E-state index in [4.69, 9.17) is 5.73 Å². The van der Waals surface area contributed by atoms with Crippen molar-refractivity contribution in [2.24, 2.45) is 5.73 Å². The second-order valence-electron chi connectivity index (χ2n) is 4.36. The minimum Gasteiger partial charge on any atom is -0.326 e. The Kier molecular flexibility index (Phi) is 4.36. The maximum Gasteiger partial charge on any atom is 0.237 e. The summed E-state index contributed by atoms with van der Waals surface area (Å²) < 4.78 is 39.6. The van der Waals surface area contributed by atoms with Gasteiger partial charge in [-0.15, -0.1) is 0 Å². The molecule has 0 aliphatic rings. The number of benzene rings is 2. The Morgan fingerprint density at radius 3 is 2.20 bits per heavy atom. The predicted octanol–water partition coefficient (Wildman–Crippen LogP) is 2.23. The largest absolute Gasteiger partial charge is 0.326 e. The first-order valence-electron chi connectivity index (χ1n) is 6.03. The van der Waals surface area contributed by atoms with Crippen LogP contribution in [0.1, 0.15) is 11.1 Å². The summed E-state index contributed by atoms with van der Waals surface area (Å²) in [5.74, 6) is -0.818. The molecule has 0 unspecified atom stereocenters. The maximum atomic E-state index is 13.4. The Morgan fingerprint density at radius 2 is 1.60 bits per heavy atom. The molecule has 0 saturated carbocycles. The van der Waals surface area contributed by atoms with Gasteiger partial charge in [0, 0.05) is 6.54 Å². The van der Waals surface area contributed by atoms with Gasteiger partial charge in [0.1, 0.15) is 5.82 Å². The van der Waals surface area contributed by atoms with Gasteiger partial charge in [-0.2, -0.15) is 0 Å². The van der Waals surface area contributed by atoms with Crippen LogP contribution in [0.4, 0.5) is 10.1 Å². The van der Waals surface area contributed by atoms with Crippen molar-refractivity contribution in [1.82, 2.24) is 0 Å². The molecule has 0 spiro atoms. The molecule has 4 nitrogen and oxygen atoms in total. The third kappa shape index (κ3) is 3.79. The zero-order valence-electron chi connectivity index (χ0n) is 10.7. The molecule has 0 atom stereocenters. The van der Waals surface area contributed by atoms with Gasteiger partial charge in [-0.05, 0) is 23.3 Å². The number of rotatable bonds is 5. The van der Waals surface area contributed by atoms with Crippen LogP contribution in [0.5, 0.6) is 0 Å². The van der Waals surface area contributed by atoms with Crippen LogP contribution in [-0.4, -0.2) is 8.42 Å². The molecule has 2 rings (SSSR count). The van der Waals surface area contributed by atoms with Crippen LogP contribution < -0.4 is 10.5 Å². The van der Waals surface area contributed by atoms with Gasteiger partial charge in [0.25, 0.3) is 0 Å². The van der Waals surface area contributed by atoms with Gasteiger partial charge in [-0.25, -0.2) is 12.8 Å². The lowest BCUT2D eigenvalue weighted by atomic mass is 10.1. The number of sulfonamides is 1. The van der Waals surface area contributed by atoms with Crippen molar-refractivity contribution >= 4 is 15.7 Å². The highest BCUT2D eigenvalue weighted by molar-refractivity contribution is 7.91. The molecule has 0 amide bonds. The first-order valence-corrected chi connectivity index (χ1v) is 7.68. The first kappa shape index (κ1) is 14.5. The molecule has 2 aromatic carbocycles. The van der Waals surface area contributed by atoms with Crippen LogP contribution in [0.15, 0.2) is 48.5 Å². The summed E-state index contributed by atoms with van der Waals surface area (Å²) in [5, 5.41) is 0. The van der Waals surface area contributed by atoms with Crippen LogP contribution >= 0.6 is 0 Å². The van der Waals surface area contributed by atoms with Crippen molar-refractivity contribution < 1.29 is 12.8 Å². The van der Waals surface area contributed by atoms with E-state index in [-0.39, 0.29) is 11.4 Å². The van der Waals surface area contributed by atoms with Crippen molar-refractivity contribution in [1.29, 1.82) is 0 Å². The highest BCUT2D eigenvalue weighted by Crippen LogP contribution is 2.16. The third-order valence-electron chi connectivity index (χ3n) is 2.75. The summed E-state index contributed by atoms with van der Waals surface area (Å²) in [6.07, 6.45) is 0. The topological polar surface area (TPSA) is 72.2 Å². The fourth-order valence-electron chi connectivity index (χ4n) is 1.74. The number of nitrogens with one attached hydrogen (secondary N) is 1. The fraction of sp³-hybridized carbons (Fsp3) is 0.143. The number of hydrogen-bond donors (Lipinski definition) is 2. The lowest BCUT2D eigenvalue weighted by Crippen LogP contribution is -2.16. The molecule has 0 aromatic heterocycles. The molecule has 106 valence electrons. The molecule has 0 aliphatic carbocycles. The van der Waals surface area contributed by atoms with Gasteiger partial charge in [-0.1, -0.05) is 36.4 Å². The number of para-hydroxylation sites is 1. The molecule has 20 heavy (non-hydrogen) atoms. The summed E-state index contributed by atoms with van der Waals surface area (Å²) in [5.41, 5.74) is 6.96. The van der Waals surface area contributed by atoms with Gasteiger partial charge in [-0.3, -0.25) is 4.72 Å². The van der Waals surface area contributed by atoms with Crippen LogP contribution in [0.3, 0.4) is 0 Å². The van der Waals surface area contributed by atoms with E-state index in [1.165, 1.54) is 18.2 Å². The predicted molar refractivity (Wildman–Crippen MR) is 77.0 cm³/mol. The highest BCUT2D eigenvalue weighted by Gasteiger charge is 2.13. The highest BCUT2D eigenvalue weighted by atomic mass is 32.2. The molecule has 0 heterocycles. The average Bonchev–Trinajstić information content (AvgIpc) is 2.41. The molecule has 0 saturated heterocycles. The average molecular weight is 294 g/mol. The SMILES string of the molecule is NCc1ccc(CS(=O)(=O)Nc2ccccc2F)cc1. The zero-order chi connectivity index (χ0) is 14.6. The molecule has 0 bridgehead atoms. The summed E-state index contributed by atoms with van der Waals surface area (Å²) in [4.78, 5) is 0. The zero-order valence-corrected chi connectivity index (χ0v) is 11.5. The molecule has 6 heteroatoms. The molecular formula is C14H15FN2O2S. The Hall–Kier alpha value is -1.92. The first-order chi connectivity index (χ1) is 9.50. The second kappa shape index (κ2) is 6.02. The normalized spacial score (nSPS) is 11.3. The van der Waals surface area contributed by atoms with Crippen molar-refractivity contribution in [2.75, 3.05) is 4.72 Å². The molecule has 0 fully saturated rings. The van der Waals surface area contributed by atoms with Crippen molar-refractivity contribution in [3.63, 3.8) is 0 Å². The number of halogens is 1.